The minimum atomic E-state index is -3.71. The summed E-state index contributed by atoms with van der Waals surface area (Å²) in [7, 11) is -3.71. The van der Waals surface area contributed by atoms with E-state index in [2.05, 4.69) is 10.3 Å². The normalized spacial score (nSPS) is 14.1. The Balaban J connectivity index is 1.56. The number of benzene rings is 2. The molecule has 6 nitrogen and oxygen atoms in total. The Labute approximate surface area is 161 Å². The number of carbonyl (C=O) groups excluding carboxylic acids is 1. The fourth-order valence-electron chi connectivity index (χ4n) is 2.67. The predicted molar refractivity (Wildman–Crippen MR) is 106 cm³/mol. The highest BCUT2D eigenvalue weighted by atomic mass is 32.2. The van der Waals surface area contributed by atoms with Crippen LogP contribution in [0.3, 0.4) is 0 Å². The van der Waals surface area contributed by atoms with Crippen molar-refractivity contribution < 1.29 is 13.2 Å². The van der Waals surface area contributed by atoms with E-state index < -0.39 is 10.0 Å². The van der Waals surface area contributed by atoms with E-state index in [0.29, 0.717) is 0 Å². The van der Waals surface area contributed by atoms with Crippen LogP contribution >= 0.6 is 11.3 Å². The number of nitrogens with two attached hydrogens (primary N) is 1. The molecule has 1 saturated carbocycles. The number of amides is 1. The summed E-state index contributed by atoms with van der Waals surface area (Å²) in [6.07, 6.45) is 1.93. The van der Waals surface area contributed by atoms with Crippen molar-refractivity contribution in [2.45, 2.75) is 17.7 Å². The summed E-state index contributed by atoms with van der Waals surface area (Å²) in [5.41, 5.74) is 3.24. The van der Waals surface area contributed by atoms with Gasteiger partial charge in [0.1, 0.15) is 5.01 Å². The molecule has 1 fully saturated rings. The maximum absolute atomic E-state index is 11.9. The summed E-state index contributed by atoms with van der Waals surface area (Å²) in [6, 6.07) is 13.9. The first-order chi connectivity index (χ1) is 12.9. The van der Waals surface area contributed by atoms with Crippen molar-refractivity contribution in [3.63, 3.8) is 0 Å². The zero-order valence-corrected chi connectivity index (χ0v) is 15.9. The Morgan fingerprint density at radius 3 is 2.52 bits per heavy atom. The second-order valence-corrected chi connectivity index (χ2v) is 8.87. The molecule has 1 aliphatic rings. The van der Waals surface area contributed by atoms with E-state index in [4.69, 9.17) is 5.14 Å². The quantitative estimate of drug-likeness (QED) is 0.686. The Morgan fingerprint density at radius 2 is 1.85 bits per heavy atom. The summed E-state index contributed by atoms with van der Waals surface area (Å²) in [6.45, 7) is 0. The number of rotatable bonds is 5. The van der Waals surface area contributed by atoms with E-state index in [1.54, 1.807) is 12.1 Å². The standard InChI is InChI=1S/C19H17N3O3S2/c20-27(24,25)16-8-6-12(7-9-16)17-11-26-19(22-17)14-2-1-3-15(10-14)21-18(23)13-4-5-13/h1-3,6-11,13H,4-5H2,(H,21,23)(H2,20,24,25). The lowest BCUT2D eigenvalue weighted by Crippen LogP contribution is -2.13. The third-order valence-corrected chi connectivity index (χ3v) is 6.13. The van der Waals surface area contributed by atoms with E-state index in [0.717, 1.165) is 40.4 Å². The average Bonchev–Trinajstić information content (AvgIpc) is 3.38. The lowest BCUT2D eigenvalue weighted by Gasteiger charge is -2.05. The maximum atomic E-state index is 11.9. The summed E-state index contributed by atoms with van der Waals surface area (Å²) < 4.78 is 22.7. The van der Waals surface area contributed by atoms with Gasteiger partial charge in [-0.15, -0.1) is 11.3 Å². The van der Waals surface area contributed by atoms with Crippen molar-refractivity contribution in [3.05, 3.63) is 53.9 Å². The van der Waals surface area contributed by atoms with Crippen LogP contribution in [0.25, 0.3) is 21.8 Å². The van der Waals surface area contributed by atoms with Crippen LogP contribution < -0.4 is 10.5 Å². The van der Waals surface area contributed by atoms with Crippen molar-refractivity contribution in [1.82, 2.24) is 4.98 Å². The first kappa shape index (κ1) is 17.8. The molecular weight excluding hydrogens is 382 g/mol. The van der Waals surface area contributed by atoms with Gasteiger partial charge in [0, 0.05) is 28.1 Å². The molecule has 4 rings (SSSR count). The van der Waals surface area contributed by atoms with Crippen LogP contribution in [0.1, 0.15) is 12.8 Å². The number of carbonyl (C=O) groups is 1. The average molecular weight is 399 g/mol. The fraction of sp³-hybridized carbons (Fsp3) is 0.158. The van der Waals surface area contributed by atoms with E-state index >= 15 is 0 Å². The number of aromatic nitrogens is 1. The van der Waals surface area contributed by atoms with Crippen LogP contribution in [0, 0.1) is 5.92 Å². The largest absolute Gasteiger partial charge is 0.326 e. The zero-order valence-electron chi connectivity index (χ0n) is 14.3. The van der Waals surface area contributed by atoms with Gasteiger partial charge in [-0.25, -0.2) is 18.5 Å². The highest BCUT2D eigenvalue weighted by Crippen LogP contribution is 2.32. The zero-order chi connectivity index (χ0) is 19.0. The number of thiazole rings is 1. The molecule has 27 heavy (non-hydrogen) atoms. The van der Waals surface area contributed by atoms with Crippen LogP contribution in [0.5, 0.6) is 0 Å². The van der Waals surface area contributed by atoms with Crippen molar-refractivity contribution in [2.75, 3.05) is 5.32 Å². The molecule has 3 aromatic rings. The predicted octanol–water partition coefficient (Wildman–Crippen LogP) is 3.47. The van der Waals surface area contributed by atoms with Crippen molar-refractivity contribution in [2.24, 2.45) is 11.1 Å². The van der Waals surface area contributed by atoms with Crippen molar-refractivity contribution in [3.8, 4) is 21.8 Å². The Hall–Kier alpha value is -2.55. The molecule has 1 heterocycles. The third kappa shape index (κ3) is 4.08. The smallest absolute Gasteiger partial charge is 0.238 e. The molecule has 3 N–H and O–H groups in total. The number of sulfonamides is 1. The third-order valence-electron chi connectivity index (χ3n) is 4.31. The van der Waals surface area contributed by atoms with Gasteiger partial charge in [-0.3, -0.25) is 4.79 Å². The molecule has 1 aromatic heterocycles. The van der Waals surface area contributed by atoms with Crippen LogP contribution in [0.4, 0.5) is 5.69 Å². The van der Waals surface area contributed by atoms with Gasteiger partial charge in [0.15, 0.2) is 0 Å². The van der Waals surface area contributed by atoms with Gasteiger partial charge < -0.3 is 5.32 Å². The highest BCUT2D eigenvalue weighted by Gasteiger charge is 2.29. The molecule has 0 atom stereocenters. The highest BCUT2D eigenvalue weighted by molar-refractivity contribution is 7.89. The van der Waals surface area contributed by atoms with Crippen LogP contribution in [-0.4, -0.2) is 19.3 Å². The first-order valence-electron chi connectivity index (χ1n) is 8.40. The molecular formula is C19H17N3O3S2. The van der Waals surface area contributed by atoms with E-state index in [9.17, 15) is 13.2 Å². The number of primary sulfonamides is 1. The van der Waals surface area contributed by atoms with Crippen LogP contribution in [-0.2, 0) is 14.8 Å². The van der Waals surface area contributed by atoms with E-state index in [-0.39, 0.29) is 16.7 Å². The minimum Gasteiger partial charge on any atom is -0.326 e. The Bertz CT molecular complexity index is 1100. The second kappa shape index (κ2) is 6.88. The molecule has 1 aliphatic carbocycles. The molecule has 0 unspecified atom stereocenters. The molecule has 0 aliphatic heterocycles. The number of nitrogens with one attached hydrogen (secondary N) is 1. The summed E-state index contributed by atoms with van der Waals surface area (Å²) in [5.74, 6) is 0.224. The number of nitrogens with zero attached hydrogens (tertiary/aromatic N) is 1. The van der Waals surface area contributed by atoms with Crippen LogP contribution in [0.2, 0.25) is 0 Å². The fourth-order valence-corrected chi connectivity index (χ4v) is 4.02. The molecule has 2 aromatic carbocycles. The number of hydrogen-bond acceptors (Lipinski definition) is 5. The SMILES string of the molecule is NS(=O)(=O)c1ccc(-c2csc(-c3cccc(NC(=O)C4CC4)c3)n2)cc1. The molecule has 0 bridgehead atoms. The summed E-state index contributed by atoms with van der Waals surface area (Å²) >= 11 is 1.49. The van der Waals surface area contributed by atoms with Gasteiger partial charge in [-0.05, 0) is 37.1 Å². The van der Waals surface area contributed by atoms with Gasteiger partial charge in [-0.1, -0.05) is 24.3 Å². The lowest BCUT2D eigenvalue weighted by molar-refractivity contribution is -0.117. The monoisotopic (exact) mass is 399 g/mol. The molecule has 0 spiro atoms. The van der Waals surface area contributed by atoms with E-state index in [1.165, 1.54) is 23.5 Å². The molecule has 0 radical (unpaired) electrons. The Morgan fingerprint density at radius 1 is 1.11 bits per heavy atom. The number of anilines is 1. The van der Waals surface area contributed by atoms with Gasteiger partial charge in [0.2, 0.25) is 15.9 Å². The van der Waals surface area contributed by atoms with E-state index in [1.807, 2.05) is 29.6 Å². The topological polar surface area (TPSA) is 102 Å². The van der Waals surface area contributed by atoms with Gasteiger partial charge >= 0.3 is 0 Å². The minimum absolute atomic E-state index is 0.0702. The first-order valence-corrected chi connectivity index (χ1v) is 10.8. The lowest BCUT2D eigenvalue weighted by atomic mass is 10.1. The van der Waals surface area contributed by atoms with Gasteiger partial charge in [0.05, 0.1) is 10.6 Å². The number of hydrogen-bond donors (Lipinski definition) is 2. The molecule has 0 saturated heterocycles. The summed E-state index contributed by atoms with van der Waals surface area (Å²) in [5, 5.41) is 10.8. The second-order valence-electron chi connectivity index (χ2n) is 6.45. The summed E-state index contributed by atoms with van der Waals surface area (Å²) in [4.78, 5) is 16.6. The molecule has 8 heteroatoms. The van der Waals surface area contributed by atoms with Crippen molar-refractivity contribution in [1.29, 1.82) is 0 Å². The van der Waals surface area contributed by atoms with Gasteiger partial charge in [-0.2, -0.15) is 0 Å². The molecule has 138 valence electrons. The Kier molecular flexibility index (Phi) is 4.55. The van der Waals surface area contributed by atoms with Gasteiger partial charge in [0.25, 0.3) is 0 Å². The maximum Gasteiger partial charge on any atom is 0.238 e. The van der Waals surface area contributed by atoms with Crippen LogP contribution in [0.15, 0.2) is 58.8 Å². The molecule has 1 amide bonds. The van der Waals surface area contributed by atoms with Crippen molar-refractivity contribution >= 4 is 33.0 Å².